The highest BCUT2D eigenvalue weighted by molar-refractivity contribution is 5.82. The molecular weight excluding hydrogens is 406 g/mol. The summed E-state index contributed by atoms with van der Waals surface area (Å²) in [7, 11) is 1.81. The first-order chi connectivity index (χ1) is 15.6. The molecule has 1 N–H and O–H groups in total. The van der Waals surface area contributed by atoms with Gasteiger partial charge in [0.1, 0.15) is 0 Å². The molecule has 1 aromatic carbocycles. The molecule has 32 heavy (non-hydrogen) atoms. The zero-order valence-corrected chi connectivity index (χ0v) is 19.1. The molecule has 174 valence electrons. The molecule has 0 aromatic heterocycles. The number of aliphatic imine (C=N–C) groups is 1. The van der Waals surface area contributed by atoms with Gasteiger partial charge in [-0.3, -0.25) is 14.6 Å². The summed E-state index contributed by atoms with van der Waals surface area (Å²) in [6.45, 7) is 6.62. The van der Waals surface area contributed by atoms with Gasteiger partial charge in [0.2, 0.25) is 11.8 Å². The summed E-state index contributed by atoms with van der Waals surface area (Å²) >= 11 is 0. The van der Waals surface area contributed by atoms with Crippen LogP contribution >= 0.6 is 0 Å². The van der Waals surface area contributed by atoms with Crippen molar-refractivity contribution < 1.29 is 14.3 Å². The van der Waals surface area contributed by atoms with Crippen LogP contribution < -0.4 is 5.32 Å². The van der Waals surface area contributed by atoms with Crippen LogP contribution in [-0.4, -0.2) is 85.5 Å². The first-order valence-corrected chi connectivity index (χ1v) is 11.8. The number of benzene rings is 1. The largest absolute Gasteiger partial charge is 0.378 e. The molecule has 0 unspecified atom stereocenters. The maximum absolute atomic E-state index is 12.8. The van der Waals surface area contributed by atoms with Gasteiger partial charge in [-0.15, -0.1) is 0 Å². The summed E-state index contributed by atoms with van der Waals surface area (Å²) in [5.41, 5.74) is 2.34. The standard InChI is InChI=1S/C24H35N5O3/c1-25-24(28-10-7-21(8-11-28)23(31)27-12-14-32-15-13-27)26-17-19-4-2-5-20(16-19)18-29-9-3-6-22(29)30/h2,4-5,16,21H,3,6-15,17-18H2,1H3,(H,25,26). The molecule has 0 radical (unpaired) electrons. The van der Waals surface area contributed by atoms with Crippen molar-refractivity contribution in [3.63, 3.8) is 0 Å². The van der Waals surface area contributed by atoms with E-state index in [0.29, 0.717) is 45.8 Å². The highest BCUT2D eigenvalue weighted by Crippen LogP contribution is 2.21. The fraction of sp³-hybridized carbons (Fsp3) is 0.625. The van der Waals surface area contributed by atoms with Crippen LogP contribution in [0.5, 0.6) is 0 Å². The highest BCUT2D eigenvalue weighted by Gasteiger charge is 2.30. The lowest BCUT2D eigenvalue weighted by atomic mass is 9.95. The number of hydrogen-bond acceptors (Lipinski definition) is 4. The first-order valence-electron chi connectivity index (χ1n) is 11.8. The Kier molecular flexibility index (Phi) is 7.63. The highest BCUT2D eigenvalue weighted by atomic mass is 16.5. The van der Waals surface area contributed by atoms with E-state index in [9.17, 15) is 9.59 Å². The second kappa shape index (κ2) is 10.8. The molecule has 0 spiro atoms. The Morgan fingerprint density at radius 3 is 2.53 bits per heavy atom. The number of carbonyl (C=O) groups is 2. The third kappa shape index (κ3) is 5.59. The molecule has 1 aromatic rings. The molecule has 8 heteroatoms. The number of carbonyl (C=O) groups excluding carboxylic acids is 2. The fourth-order valence-corrected chi connectivity index (χ4v) is 4.82. The quantitative estimate of drug-likeness (QED) is 0.553. The normalized spacial score (nSPS) is 20.7. The molecule has 0 bridgehead atoms. The number of likely N-dealkylation sites (tertiary alicyclic amines) is 2. The maximum atomic E-state index is 12.8. The van der Waals surface area contributed by atoms with Gasteiger partial charge in [0.15, 0.2) is 5.96 Å². The number of piperidine rings is 1. The van der Waals surface area contributed by atoms with Crippen LogP contribution in [0.1, 0.15) is 36.8 Å². The maximum Gasteiger partial charge on any atom is 0.225 e. The molecule has 0 atom stereocenters. The van der Waals surface area contributed by atoms with Crippen molar-refractivity contribution in [1.82, 2.24) is 20.0 Å². The smallest absolute Gasteiger partial charge is 0.225 e. The van der Waals surface area contributed by atoms with Crippen molar-refractivity contribution >= 4 is 17.8 Å². The van der Waals surface area contributed by atoms with Gasteiger partial charge in [-0.25, -0.2) is 0 Å². The number of nitrogens with one attached hydrogen (secondary N) is 1. The molecular formula is C24H35N5O3. The van der Waals surface area contributed by atoms with E-state index in [-0.39, 0.29) is 17.7 Å². The lowest BCUT2D eigenvalue weighted by Gasteiger charge is -2.36. The van der Waals surface area contributed by atoms with Gasteiger partial charge >= 0.3 is 0 Å². The Morgan fingerprint density at radius 2 is 1.84 bits per heavy atom. The Hall–Kier alpha value is -2.61. The lowest BCUT2D eigenvalue weighted by molar-refractivity contribution is -0.140. The minimum Gasteiger partial charge on any atom is -0.378 e. The van der Waals surface area contributed by atoms with Crippen molar-refractivity contribution in [2.24, 2.45) is 10.9 Å². The molecule has 0 aliphatic carbocycles. The zero-order chi connectivity index (χ0) is 22.3. The summed E-state index contributed by atoms with van der Waals surface area (Å²) in [5, 5.41) is 3.48. The Labute approximate surface area is 190 Å². The Bertz CT molecular complexity index is 829. The van der Waals surface area contributed by atoms with Gasteiger partial charge in [0.05, 0.1) is 13.2 Å². The molecule has 2 amide bonds. The molecule has 4 rings (SSSR count). The SMILES string of the molecule is CN=C(NCc1cccc(CN2CCCC2=O)c1)N1CCC(C(=O)N2CCOCC2)CC1. The third-order valence-electron chi connectivity index (χ3n) is 6.67. The number of guanidine groups is 1. The van der Waals surface area contributed by atoms with Crippen molar-refractivity contribution in [2.75, 3.05) is 53.0 Å². The van der Waals surface area contributed by atoms with Crippen molar-refractivity contribution in [2.45, 2.75) is 38.8 Å². The number of amides is 2. The summed E-state index contributed by atoms with van der Waals surface area (Å²) in [6.07, 6.45) is 3.35. The number of ether oxygens (including phenoxy) is 1. The minimum atomic E-state index is 0.104. The van der Waals surface area contributed by atoms with Crippen molar-refractivity contribution in [3.05, 3.63) is 35.4 Å². The topological polar surface area (TPSA) is 77.5 Å². The summed E-state index contributed by atoms with van der Waals surface area (Å²) < 4.78 is 5.37. The minimum absolute atomic E-state index is 0.104. The van der Waals surface area contributed by atoms with Gasteiger partial charge in [-0.1, -0.05) is 24.3 Å². The van der Waals surface area contributed by atoms with E-state index in [2.05, 4.69) is 39.5 Å². The van der Waals surface area contributed by atoms with Crippen LogP contribution in [0.4, 0.5) is 0 Å². The van der Waals surface area contributed by atoms with Crippen LogP contribution in [0.2, 0.25) is 0 Å². The van der Waals surface area contributed by atoms with E-state index >= 15 is 0 Å². The van der Waals surface area contributed by atoms with E-state index in [1.807, 2.05) is 16.8 Å². The van der Waals surface area contributed by atoms with E-state index in [1.54, 1.807) is 0 Å². The third-order valence-corrected chi connectivity index (χ3v) is 6.67. The van der Waals surface area contributed by atoms with Gasteiger partial charge < -0.3 is 24.8 Å². The number of rotatable bonds is 5. The predicted molar refractivity (Wildman–Crippen MR) is 123 cm³/mol. The number of nitrogens with zero attached hydrogens (tertiary/aromatic N) is 4. The van der Waals surface area contributed by atoms with Gasteiger partial charge in [-0.2, -0.15) is 0 Å². The van der Waals surface area contributed by atoms with Crippen molar-refractivity contribution in [1.29, 1.82) is 0 Å². The van der Waals surface area contributed by atoms with Gasteiger partial charge in [-0.05, 0) is 30.4 Å². The van der Waals surface area contributed by atoms with Gasteiger partial charge in [0, 0.05) is 65.2 Å². The second-order valence-corrected chi connectivity index (χ2v) is 8.84. The zero-order valence-electron chi connectivity index (χ0n) is 19.1. The van der Waals surface area contributed by atoms with E-state index in [0.717, 1.165) is 50.4 Å². The van der Waals surface area contributed by atoms with Crippen molar-refractivity contribution in [3.8, 4) is 0 Å². The van der Waals surface area contributed by atoms with E-state index < -0.39 is 0 Å². The van der Waals surface area contributed by atoms with Gasteiger partial charge in [0.25, 0.3) is 0 Å². The summed E-state index contributed by atoms with van der Waals surface area (Å²) in [4.78, 5) is 35.3. The fourth-order valence-electron chi connectivity index (χ4n) is 4.82. The molecule has 3 aliphatic heterocycles. The number of morpholine rings is 1. The van der Waals surface area contributed by atoms with Crippen LogP contribution in [0.3, 0.4) is 0 Å². The molecule has 3 saturated heterocycles. The molecule has 0 saturated carbocycles. The molecule has 3 heterocycles. The summed E-state index contributed by atoms with van der Waals surface area (Å²) in [6, 6.07) is 8.40. The average molecular weight is 442 g/mol. The Balaban J connectivity index is 1.26. The van der Waals surface area contributed by atoms with Crippen LogP contribution in [0.15, 0.2) is 29.3 Å². The van der Waals surface area contributed by atoms with Crippen LogP contribution in [0, 0.1) is 5.92 Å². The average Bonchev–Trinajstić information content (AvgIpc) is 3.24. The lowest BCUT2D eigenvalue weighted by Crippen LogP contribution is -2.49. The van der Waals surface area contributed by atoms with Crippen LogP contribution in [-0.2, 0) is 27.4 Å². The van der Waals surface area contributed by atoms with Crippen LogP contribution in [0.25, 0.3) is 0 Å². The molecule has 3 aliphatic rings. The molecule has 3 fully saturated rings. The Morgan fingerprint density at radius 1 is 1.09 bits per heavy atom. The first kappa shape index (κ1) is 22.6. The second-order valence-electron chi connectivity index (χ2n) is 8.84. The number of hydrogen-bond donors (Lipinski definition) is 1. The molecule has 8 nitrogen and oxygen atoms in total. The predicted octanol–water partition coefficient (Wildman–Crippen LogP) is 1.46. The van der Waals surface area contributed by atoms with E-state index in [1.165, 1.54) is 5.56 Å². The monoisotopic (exact) mass is 441 g/mol. The van der Waals surface area contributed by atoms with E-state index in [4.69, 9.17) is 4.74 Å². The summed E-state index contributed by atoms with van der Waals surface area (Å²) in [5.74, 6) is 1.52.